The number of aromatic nitrogens is 2. The minimum absolute atomic E-state index is 0.0995. The zero-order chi connectivity index (χ0) is 24.0. The third-order valence-corrected chi connectivity index (χ3v) is 6.82. The van der Waals surface area contributed by atoms with Gasteiger partial charge in [-0.05, 0) is 51.5 Å². The van der Waals surface area contributed by atoms with Crippen LogP contribution in [0, 0.1) is 27.7 Å². The van der Waals surface area contributed by atoms with Gasteiger partial charge in [0.25, 0.3) is 0 Å². The molecule has 174 valence electrons. The lowest BCUT2D eigenvalue weighted by Gasteiger charge is -2.07. The Kier molecular flexibility index (Phi) is 7.84. The SMILES string of the molecule is Cc1ccc(Cn2nc(C)c(/C=C/C(=O)NCCNS(=O)(=O)c3ccc(C)cc3)c2C)cc1. The van der Waals surface area contributed by atoms with Crippen LogP contribution >= 0.6 is 0 Å². The summed E-state index contributed by atoms with van der Waals surface area (Å²) in [5.74, 6) is -0.297. The molecule has 0 radical (unpaired) electrons. The highest BCUT2D eigenvalue weighted by Gasteiger charge is 2.13. The molecule has 1 heterocycles. The number of hydrogen-bond acceptors (Lipinski definition) is 4. The Hall–Kier alpha value is -3.23. The lowest BCUT2D eigenvalue weighted by atomic mass is 10.1. The predicted molar refractivity (Wildman–Crippen MR) is 130 cm³/mol. The fraction of sp³-hybridized carbons (Fsp3) is 0.280. The molecule has 0 aliphatic carbocycles. The molecule has 7 nitrogen and oxygen atoms in total. The minimum atomic E-state index is -3.60. The molecule has 0 unspecified atom stereocenters. The van der Waals surface area contributed by atoms with Crippen molar-refractivity contribution < 1.29 is 13.2 Å². The number of carbonyl (C=O) groups excluding carboxylic acids is 1. The molecule has 0 saturated carbocycles. The van der Waals surface area contributed by atoms with Crippen molar-refractivity contribution in [2.24, 2.45) is 0 Å². The Morgan fingerprint density at radius 1 is 0.939 bits per heavy atom. The second kappa shape index (κ2) is 10.6. The molecule has 3 rings (SSSR count). The molecular weight excluding hydrogens is 436 g/mol. The van der Waals surface area contributed by atoms with E-state index in [0.717, 1.165) is 28.1 Å². The molecule has 33 heavy (non-hydrogen) atoms. The summed E-state index contributed by atoms with van der Waals surface area (Å²) in [6.45, 7) is 8.78. The molecule has 3 aromatic rings. The van der Waals surface area contributed by atoms with Crippen LogP contribution in [0.2, 0.25) is 0 Å². The lowest BCUT2D eigenvalue weighted by molar-refractivity contribution is -0.116. The molecule has 0 atom stereocenters. The van der Waals surface area contributed by atoms with Crippen LogP contribution in [0.25, 0.3) is 6.08 Å². The van der Waals surface area contributed by atoms with E-state index in [1.165, 1.54) is 11.6 Å². The van der Waals surface area contributed by atoms with Crippen LogP contribution in [0.5, 0.6) is 0 Å². The Morgan fingerprint density at radius 3 is 2.18 bits per heavy atom. The number of aryl methyl sites for hydroxylation is 3. The van der Waals surface area contributed by atoms with Crippen LogP contribution in [0.4, 0.5) is 0 Å². The molecule has 2 N–H and O–H groups in total. The Balaban J connectivity index is 1.52. The van der Waals surface area contributed by atoms with Crippen molar-refractivity contribution in [3.05, 3.63) is 88.2 Å². The number of rotatable bonds is 9. The number of hydrogen-bond donors (Lipinski definition) is 2. The van der Waals surface area contributed by atoms with Gasteiger partial charge in [-0.15, -0.1) is 0 Å². The van der Waals surface area contributed by atoms with E-state index in [1.54, 1.807) is 30.3 Å². The maximum Gasteiger partial charge on any atom is 0.244 e. The van der Waals surface area contributed by atoms with Crippen LogP contribution in [0.15, 0.2) is 59.5 Å². The summed E-state index contributed by atoms with van der Waals surface area (Å²) >= 11 is 0. The van der Waals surface area contributed by atoms with Gasteiger partial charge in [0.2, 0.25) is 15.9 Å². The van der Waals surface area contributed by atoms with Gasteiger partial charge < -0.3 is 5.32 Å². The van der Waals surface area contributed by atoms with Gasteiger partial charge >= 0.3 is 0 Å². The van der Waals surface area contributed by atoms with Crippen LogP contribution in [-0.2, 0) is 21.4 Å². The van der Waals surface area contributed by atoms with Crippen molar-refractivity contribution in [3.63, 3.8) is 0 Å². The third-order valence-electron chi connectivity index (χ3n) is 5.34. The monoisotopic (exact) mass is 466 g/mol. The number of nitrogens with zero attached hydrogens (tertiary/aromatic N) is 2. The van der Waals surface area contributed by atoms with E-state index < -0.39 is 10.0 Å². The van der Waals surface area contributed by atoms with E-state index >= 15 is 0 Å². The molecule has 1 amide bonds. The van der Waals surface area contributed by atoms with Crippen LogP contribution in [-0.4, -0.2) is 37.2 Å². The van der Waals surface area contributed by atoms with E-state index in [4.69, 9.17) is 0 Å². The van der Waals surface area contributed by atoms with Crippen molar-refractivity contribution in [1.29, 1.82) is 0 Å². The van der Waals surface area contributed by atoms with Gasteiger partial charge in [-0.1, -0.05) is 47.5 Å². The minimum Gasteiger partial charge on any atom is -0.351 e. The van der Waals surface area contributed by atoms with Crippen molar-refractivity contribution in [1.82, 2.24) is 19.8 Å². The van der Waals surface area contributed by atoms with Gasteiger partial charge in [0, 0.05) is 30.4 Å². The largest absolute Gasteiger partial charge is 0.351 e. The highest BCUT2D eigenvalue weighted by molar-refractivity contribution is 7.89. The standard InChI is InChI=1S/C25H30N4O3S/c1-18-5-9-22(10-6-18)17-29-21(4)24(20(3)28-29)13-14-25(30)26-15-16-27-33(31,32)23-11-7-19(2)8-12-23/h5-14,27H,15-17H2,1-4H3,(H,26,30)/b14-13+. The molecule has 1 aromatic heterocycles. The molecule has 0 saturated heterocycles. The topological polar surface area (TPSA) is 93.1 Å². The zero-order valence-corrected chi connectivity index (χ0v) is 20.2. The zero-order valence-electron chi connectivity index (χ0n) is 19.4. The van der Waals surface area contributed by atoms with Gasteiger partial charge in [0.15, 0.2) is 0 Å². The van der Waals surface area contributed by atoms with E-state index in [9.17, 15) is 13.2 Å². The summed E-state index contributed by atoms with van der Waals surface area (Å²) in [5, 5.41) is 7.30. The quantitative estimate of drug-likeness (QED) is 0.374. The molecule has 2 aromatic carbocycles. The number of amides is 1. The van der Waals surface area contributed by atoms with Crippen molar-refractivity contribution in [2.75, 3.05) is 13.1 Å². The third kappa shape index (κ3) is 6.63. The number of carbonyl (C=O) groups is 1. The molecule has 0 aliphatic heterocycles. The van der Waals surface area contributed by atoms with Crippen molar-refractivity contribution >= 4 is 22.0 Å². The second-order valence-electron chi connectivity index (χ2n) is 8.06. The fourth-order valence-corrected chi connectivity index (χ4v) is 4.39. The van der Waals surface area contributed by atoms with Gasteiger partial charge in [0.05, 0.1) is 17.1 Å². The molecule has 0 bridgehead atoms. The second-order valence-corrected chi connectivity index (χ2v) is 9.83. The number of nitrogens with one attached hydrogen (secondary N) is 2. The van der Waals surface area contributed by atoms with Crippen LogP contribution < -0.4 is 10.0 Å². The van der Waals surface area contributed by atoms with Gasteiger partial charge in [-0.3, -0.25) is 9.48 Å². The average Bonchev–Trinajstić information content (AvgIpc) is 3.04. The highest BCUT2D eigenvalue weighted by atomic mass is 32.2. The first-order valence-electron chi connectivity index (χ1n) is 10.8. The maximum atomic E-state index is 12.3. The first kappa shape index (κ1) is 24.4. The van der Waals surface area contributed by atoms with Gasteiger partial charge in [-0.25, -0.2) is 13.1 Å². The Labute approximate surface area is 195 Å². The highest BCUT2D eigenvalue weighted by Crippen LogP contribution is 2.17. The normalized spacial score (nSPS) is 11.8. The Morgan fingerprint density at radius 2 is 1.55 bits per heavy atom. The summed E-state index contributed by atoms with van der Waals surface area (Å²) in [6, 6.07) is 14.9. The van der Waals surface area contributed by atoms with Gasteiger partial charge in [0.1, 0.15) is 0 Å². The summed E-state index contributed by atoms with van der Waals surface area (Å²) in [7, 11) is -3.60. The van der Waals surface area contributed by atoms with E-state index in [2.05, 4.69) is 46.3 Å². The lowest BCUT2D eigenvalue weighted by Crippen LogP contribution is -2.34. The smallest absolute Gasteiger partial charge is 0.244 e. The molecule has 0 aliphatic rings. The van der Waals surface area contributed by atoms with E-state index in [-0.39, 0.29) is 23.9 Å². The summed E-state index contributed by atoms with van der Waals surface area (Å²) in [5.41, 5.74) is 6.08. The predicted octanol–water partition coefficient (Wildman–Crippen LogP) is 3.27. The van der Waals surface area contributed by atoms with Crippen LogP contribution in [0.3, 0.4) is 0 Å². The molecule has 0 spiro atoms. The van der Waals surface area contributed by atoms with Gasteiger partial charge in [-0.2, -0.15) is 5.10 Å². The van der Waals surface area contributed by atoms with E-state index in [0.29, 0.717) is 6.54 Å². The fourth-order valence-electron chi connectivity index (χ4n) is 3.36. The van der Waals surface area contributed by atoms with Crippen molar-refractivity contribution in [2.45, 2.75) is 39.1 Å². The molecule has 0 fully saturated rings. The van der Waals surface area contributed by atoms with Crippen molar-refractivity contribution in [3.8, 4) is 0 Å². The molecule has 8 heteroatoms. The first-order chi connectivity index (χ1) is 15.7. The maximum absolute atomic E-state index is 12.3. The molecular formula is C25H30N4O3S. The average molecular weight is 467 g/mol. The first-order valence-corrected chi connectivity index (χ1v) is 12.3. The number of sulfonamides is 1. The summed E-state index contributed by atoms with van der Waals surface area (Å²) in [4.78, 5) is 12.4. The summed E-state index contributed by atoms with van der Waals surface area (Å²) < 4.78 is 29.0. The number of benzene rings is 2. The van der Waals surface area contributed by atoms with Crippen LogP contribution in [0.1, 0.15) is 33.6 Å². The van der Waals surface area contributed by atoms with E-state index in [1.807, 2.05) is 25.5 Å². The summed E-state index contributed by atoms with van der Waals surface area (Å²) in [6.07, 6.45) is 3.19. The Bertz CT molecular complexity index is 1240.